The topological polar surface area (TPSA) is 69.2 Å². The molecule has 0 aromatic heterocycles. The number of nitrogens with zero attached hydrogens (tertiary/aromatic N) is 3. The highest BCUT2D eigenvalue weighted by Gasteiger charge is 2.22. The van der Waals surface area contributed by atoms with Gasteiger partial charge in [-0.05, 0) is 45.7 Å². The molecule has 0 aliphatic carbocycles. The predicted octanol–water partition coefficient (Wildman–Crippen LogP) is 1.53. The van der Waals surface area contributed by atoms with Crippen LogP contribution in [0.4, 0.5) is 0 Å². The number of ether oxygens (including phenoxy) is 1. The second-order valence-electron chi connectivity index (χ2n) is 6.59. The Bertz CT molecular complexity index is 407. The van der Waals surface area contributed by atoms with Crippen molar-refractivity contribution in [3.05, 3.63) is 0 Å². The average molecular weight is 483 g/mol. The van der Waals surface area contributed by atoms with Crippen LogP contribution in [-0.4, -0.2) is 87.7 Å². The van der Waals surface area contributed by atoms with E-state index in [0.717, 1.165) is 51.6 Å². The van der Waals surface area contributed by atoms with Crippen molar-refractivity contribution in [3.63, 3.8) is 0 Å². The molecule has 0 saturated carbocycles. The van der Waals surface area contributed by atoms with E-state index in [1.165, 1.54) is 19.4 Å². The molecule has 26 heavy (non-hydrogen) atoms. The van der Waals surface area contributed by atoms with E-state index in [1.54, 1.807) is 19.0 Å². The van der Waals surface area contributed by atoms with Gasteiger partial charge in [-0.3, -0.25) is 9.69 Å². The maximum atomic E-state index is 11.8. The van der Waals surface area contributed by atoms with Crippen LogP contribution in [0.25, 0.3) is 0 Å². The van der Waals surface area contributed by atoms with Gasteiger partial charge in [0.2, 0.25) is 5.91 Å². The van der Waals surface area contributed by atoms with Crippen LogP contribution in [-0.2, 0) is 9.53 Å². The molecule has 154 valence electrons. The molecule has 0 aromatic carbocycles. The minimum absolute atomic E-state index is 0. The van der Waals surface area contributed by atoms with Gasteiger partial charge in [-0.2, -0.15) is 0 Å². The highest BCUT2D eigenvalue weighted by Crippen LogP contribution is 2.15. The molecule has 1 atom stereocenters. The van der Waals surface area contributed by atoms with Crippen LogP contribution in [0.15, 0.2) is 4.99 Å². The highest BCUT2D eigenvalue weighted by atomic mass is 127. The SMILES string of the molecule is CCOCCCCNC(=NCC(=O)N(C)C)NCC1CCCN1CC.I. The summed E-state index contributed by atoms with van der Waals surface area (Å²) in [6.45, 7) is 9.92. The molecule has 1 rings (SSSR count). The molecule has 2 N–H and O–H groups in total. The van der Waals surface area contributed by atoms with Gasteiger partial charge in [0, 0.05) is 46.4 Å². The van der Waals surface area contributed by atoms with Gasteiger partial charge in [0.15, 0.2) is 5.96 Å². The zero-order chi connectivity index (χ0) is 18.5. The molecule has 8 heteroatoms. The van der Waals surface area contributed by atoms with Crippen molar-refractivity contribution >= 4 is 35.8 Å². The van der Waals surface area contributed by atoms with E-state index < -0.39 is 0 Å². The molecule has 0 radical (unpaired) electrons. The summed E-state index contributed by atoms with van der Waals surface area (Å²) in [7, 11) is 3.51. The van der Waals surface area contributed by atoms with Crippen LogP contribution in [0.3, 0.4) is 0 Å². The summed E-state index contributed by atoms with van der Waals surface area (Å²) in [6.07, 6.45) is 4.53. The number of hydrogen-bond acceptors (Lipinski definition) is 4. The lowest BCUT2D eigenvalue weighted by Crippen LogP contribution is -2.45. The quantitative estimate of drug-likeness (QED) is 0.202. The fraction of sp³-hybridized carbons (Fsp3) is 0.889. The lowest BCUT2D eigenvalue weighted by atomic mass is 10.2. The van der Waals surface area contributed by atoms with E-state index in [-0.39, 0.29) is 36.4 Å². The summed E-state index contributed by atoms with van der Waals surface area (Å²) < 4.78 is 5.36. The Labute approximate surface area is 176 Å². The number of likely N-dealkylation sites (tertiary alicyclic amines) is 1. The number of likely N-dealkylation sites (N-methyl/N-ethyl adjacent to an activating group) is 2. The van der Waals surface area contributed by atoms with E-state index in [9.17, 15) is 4.79 Å². The van der Waals surface area contributed by atoms with Crippen molar-refractivity contribution in [2.75, 3.05) is 60.0 Å². The summed E-state index contributed by atoms with van der Waals surface area (Å²) in [5.74, 6) is 0.739. The molecule has 0 spiro atoms. The van der Waals surface area contributed by atoms with Crippen molar-refractivity contribution in [1.82, 2.24) is 20.4 Å². The smallest absolute Gasteiger partial charge is 0.243 e. The first-order valence-corrected chi connectivity index (χ1v) is 9.62. The van der Waals surface area contributed by atoms with Gasteiger partial charge >= 0.3 is 0 Å². The van der Waals surface area contributed by atoms with Crippen LogP contribution in [0.2, 0.25) is 0 Å². The third-order valence-electron chi connectivity index (χ3n) is 4.49. The van der Waals surface area contributed by atoms with Gasteiger partial charge in [0.1, 0.15) is 6.54 Å². The van der Waals surface area contributed by atoms with Crippen LogP contribution < -0.4 is 10.6 Å². The van der Waals surface area contributed by atoms with Gasteiger partial charge in [0.25, 0.3) is 0 Å². The second-order valence-corrected chi connectivity index (χ2v) is 6.59. The number of amides is 1. The van der Waals surface area contributed by atoms with E-state index in [0.29, 0.717) is 6.04 Å². The lowest BCUT2D eigenvalue weighted by Gasteiger charge is -2.24. The second kappa shape index (κ2) is 15.4. The first-order chi connectivity index (χ1) is 12.1. The molecule has 1 heterocycles. The number of hydrogen-bond donors (Lipinski definition) is 2. The Morgan fingerprint density at radius 2 is 2.04 bits per heavy atom. The Kier molecular flexibility index (Phi) is 15.1. The highest BCUT2D eigenvalue weighted by molar-refractivity contribution is 14.0. The fourth-order valence-electron chi connectivity index (χ4n) is 2.90. The minimum atomic E-state index is 0. The van der Waals surface area contributed by atoms with Crippen LogP contribution in [0, 0.1) is 0 Å². The molecule has 1 amide bonds. The maximum Gasteiger partial charge on any atom is 0.243 e. The third-order valence-corrected chi connectivity index (χ3v) is 4.49. The summed E-state index contributed by atoms with van der Waals surface area (Å²) in [6, 6.07) is 0.555. The predicted molar refractivity (Wildman–Crippen MR) is 118 cm³/mol. The number of nitrogens with one attached hydrogen (secondary N) is 2. The summed E-state index contributed by atoms with van der Waals surface area (Å²) in [5.41, 5.74) is 0. The Hall–Kier alpha value is -0.610. The van der Waals surface area contributed by atoms with Crippen LogP contribution in [0.1, 0.15) is 39.5 Å². The number of guanidine groups is 1. The normalized spacial score (nSPS) is 17.7. The summed E-state index contributed by atoms with van der Waals surface area (Å²) in [4.78, 5) is 20.3. The van der Waals surface area contributed by atoms with E-state index in [2.05, 4.69) is 27.4 Å². The van der Waals surface area contributed by atoms with E-state index >= 15 is 0 Å². The van der Waals surface area contributed by atoms with Crippen molar-refractivity contribution in [1.29, 1.82) is 0 Å². The van der Waals surface area contributed by atoms with Crippen LogP contribution >= 0.6 is 24.0 Å². The van der Waals surface area contributed by atoms with E-state index in [1.807, 2.05) is 6.92 Å². The average Bonchev–Trinajstić information content (AvgIpc) is 3.06. The zero-order valence-electron chi connectivity index (χ0n) is 16.9. The van der Waals surface area contributed by atoms with Gasteiger partial charge in [-0.25, -0.2) is 4.99 Å². The molecule has 1 aliphatic rings. The third kappa shape index (κ3) is 10.5. The molecular weight excluding hydrogens is 445 g/mol. The van der Waals surface area contributed by atoms with Crippen molar-refractivity contribution in [2.45, 2.75) is 45.6 Å². The number of unbranched alkanes of at least 4 members (excludes halogenated alkanes) is 1. The van der Waals surface area contributed by atoms with Crippen LogP contribution in [0.5, 0.6) is 0 Å². The largest absolute Gasteiger partial charge is 0.382 e. The number of halogens is 1. The number of rotatable bonds is 11. The first kappa shape index (κ1) is 25.4. The fourth-order valence-corrected chi connectivity index (χ4v) is 2.90. The summed E-state index contributed by atoms with van der Waals surface area (Å²) in [5, 5.41) is 6.76. The molecular formula is C18H38IN5O2. The van der Waals surface area contributed by atoms with Gasteiger partial charge in [0.05, 0.1) is 0 Å². The number of carbonyl (C=O) groups excluding carboxylic acids is 1. The standard InChI is InChI=1S/C18H37N5O2.HI/c1-5-23-12-9-10-16(23)14-20-18(21-15-17(24)22(3)4)19-11-7-8-13-25-6-2;/h16H,5-15H2,1-4H3,(H2,19,20,21);1H. The molecule has 1 saturated heterocycles. The molecule has 1 aliphatic heterocycles. The molecule has 0 aromatic rings. The van der Waals surface area contributed by atoms with Gasteiger partial charge in [-0.15, -0.1) is 24.0 Å². The Balaban J connectivity index is 0.00000625. The van der Waals surface area contributed by atoms with Crippen molar-refractivity contribution in [3.8, 4) is 0 Å². The molecule has 1 unspecified atom stereocenters. The van der Waals surface area contributed by atoms with Gasteiger partial charge in [-0.1, -0.05) is 6.92 Å². The minimum Gasteiger partial charge on any atom is -0.382 e. The number of carbonyl (C=O) groups is 1. The lowest BCUT2D eigenvalue weighted by molar-refractivity contribution is -0.127. The maximum absolute atomic E-state index is 11.8. The molecule has 0 bridgehead atoms. The zero-order valence-corrected chi connectivity index (χ0v) is 19.3. The Morgan fingerprint density at radius 1 is 1.27 bits per heavy atom. The van der Waals surface area contributed by atoms with Crippen molar-refractivity contribution in [2.24, 2.45) is 4.99 Å². The molecule has 1 fully saturated rings. The van der Waals surface area contributed by atoms with Crippen molar-refractivity contribution < 1.29 is 9.53 Å². The Morgan fingerprint density at radius 3 is 2.69 bits per heavy atom. The number of aliphatic imine (C=N–C) groups is 1. The monoisotopic (exact) mass is 483 g/mol. The molecule has 7 nitrogen and oxygen atoms in total. The first-order valence-electron chi connectivity index (χ1n) is 9.62. The summed E-state index contributed by atoms with van der Waals surface area (Å²) >= 11 is 0. The van der Waals surface area contributed by atoms with E-state index in [4.69, 9.17) is 4.74 Å². The van der Waals surface area contributed by atoms with Gasteiger partial charge < -0.3 is 20.3 Å².